The Bertz CT molecular complexity index is 1170. The molecule has 4 aromatic rings. The van der Waals surface area contributed by atoms with E-state index < -0.39 is 0 Å². The van der Waals surface area contributed by atoms with E-state index in [2.05, 4.69) is 53.5 Å². The van der Waals surface area contributed by atoms with Gasteiger partial charge in [-0.25, -0.2) is 9.07 Å². The molecule has 178 valence electrons. The van der Waals surface area contributed by atoms with Gasteiger partial charge in [-0.2, -0.15) is 5.10 Å². The lowest BCUT2D eigenvalue weighted by Crippen LogP contribution is -2.11. The van der Waals surface area contributed by atoms with E-state index in [1.807, 2.05) is 49.7 Å². The highest BCUT2D eigenvalue weighted by atomic mass is 19.1. The Labute approximate surface area is 201 Å². The monoisotopic (exact) mass is 460 g/mol. The summed E-state index contributed by atoms with van der Waals surface area (Å²) in [4.78, 5) is 8.00. The minimum absolute atomic E-state index is 0.261. The zero-order chi connectivity index (χ0) is 24.9. The number of fused-ring (bicyclic) bond motifs is 1. The van der Waals surface area contributed by atoms with Crippen molar-refractivity contribution in [3.8, 4) is 5.69 Å². The molecule has 0 fully saturated rings. The minimum Gasteiger partial charge on any atom is -0.385 e. The summed E-state index contributed by atoms with van der Waals surface area (Å²) >= 11 is 0. The molecule has 5 nitrogen and oxygen atoms in total. The lowest BCUT2D eigenvalue weighted by molar-refractivity contribution is -0.0979. The molecule has 4 rings (SSSR count). The number of nitrogens with zero attached hydrogens (tertiary/aromatic N) is 2. The second-order valence-electron chi connectivity index (χ2n) is 7.23. The maximum absolute atomic E-state index is 13.3. The first-order valence-electron chi connectivity index (χ1n) is 11.4. The molecule has 0 amide bonds. The third kappa shape index (κ3) is 6.54. The van der Waals surface area contributed by atoms with Gasteiger partial charge >= 0.3 is 0 Å². The highest BCUT2D eigenvalue weighted by Gasteiger charge is 2.11. The molecule has 0 aliphatic heterocycles. The molecule has 0 saturated carbocycles. The molecule has 34 heavy (non-hydrogen) atoms. The van der Waals surface area contributed by atoms with Crippen LogP contribution in [0.5, 0.6) is 0 Å². The average molecular weight is 461 g/mol. The summed E-state index contributed by atoms with van der Waals surface area (Å²) in [5.41, 5.74) is 5.94. The Balaban J connectivity index is 0.000000970. The van der Waals surface area contributed by atoms with E-state index in [0.29, 0.717) is 6.54 Å². The van der Waals surface area contributed by atoms with Crippen LogP contribution in [0.4, 0.5) is 10.1 Å². The van der Waals surface area contributed by atoms with Crippen molar-refractivity contribution in [2.45, 2.75) is 33.7 Å². The van der Waals surface area contributed by atoms with E-state index >= 15 is 0 Å². The maximum atomic E-state index is 13.3. The Morgan fingerprint density at radius 1 is 1.00 bits per heavy atom. The lowest BCUT2D eigenvalue weighted by Gasteiger charge is -2.12. The molecule has 0 saturated heterocycles. The van der Waals surface area contributed by atoms with E-state index in [-0.39, 0.29) is 5.82 Å². The number of rotatable bonds is 8. The molecule has 0 unspecified atom stereocenters. The second-order valence-corrected chi connectivity index (χ2v) is 7.23. The van der Waals surface area contributed by atoms with Crippen molar-refractivity contribution >= 4 is 29.1 Å². The summed E-state index contributed by atoms with van der Waals surface area (Å²) in [6, 6.07) is 20.8. The van der Waals surface area contributed by atoms with E-state index in [1.54, 1.807) is 12.1 Å². The number of anilines is 1. The number of nitrogens with one attached hydrogen (secondary N) is 2. The van der Waals surface area contributed by atoms with Gasteiger partial charge < -0.3 is 15.4 Å². The fraction of sp³-hybridized carbons (Fsp3) is 0.214. The van der Waals surface area contributed by atoms with Crippen molar-refractivity contribution in [3.63, 3.8) is 0 Å². The Morgan fingerprint density at radius 3 is 2.32 bits per heavy atom. The van der Waals surface area contributed by atoms with Crippen LogP contribution in [0.3, 0.4) is 0 Å². The number of carbonyl (C=O) groups excluding carboxylic acids is 1. The zero-order valence-corrected chi connectivity index (χ0v) is 20.1. The van der Waals surface area contributed by atoms with Crippen LogP contribution in [-0.4, -0.2) is 23.1 Å². The molecular formula is C28H33FN4O. The Hall–Kier alpha value is -3.93. The number of hydrogen-bond acceptors (Lipinski definition) is 4. The van der Waals surface area contributed by atoms with E-state index in [0.717, 1.165) is 46.5 Å². The first kappa shape index (κ1) is 26.3. The predicted molar refractivity (Wildman–Crippen MR) is 141 cm³/mol. The largest absolute Gasteiger partial charge is 0.385 e. The number of halogens is 1. The van der Waals surface area contributed by atoms with Gasteiger partial charge in [0.05, 0.1) is 17.4 Å². The van der Waals surface area contributed by atoms with Gasteiger partial charge in [0.25, 0.3) is 0 Å². The quantitative estimate of drug-likeness (QED) is 0.311. The first-order chi connectivity index (χ1) is 16.7. The van der Waals surface area contributed by atoms with Crippen molar-refractivity contribution in [1.29, 1.82) is 0 Å². The molecular weight excluding hydrogens is 427 g/mol. The lowest BCUT2D eigenvalue weighted by atomic mass is 10.1. The SMILES string of the molecule is C=C(NCc1ccc(NCCC)cc1)c1cccc2c1cnn2-c1ccc(F)cc1.C=O.CC. The number of aromatic nitrogens is 2. The molecule has 3 aromatic carbocycles. The van der Waals surface area contributed by atoms with Gasteiger partial charge in [0.15, 0.2) is 0 Å². The van der Waals surface area contributed by atoms with Gasteiger partial charge in [0.2, 0.25) is 0 Å². The Morgan fingerprint density at radius 2 is 1.68 bits per heavy atom. The maximum Gasteiger partial charge on any atom is 0.123 e. The topological polar surface area (TPSA) is 59.0 Å². The standard InChI is InChI=1S/C25H25FN4.C2H6.CH2O/c1-3-15-27-21-11-7-19(8-12-21)16-28-18(2)23-5-4-6-25-24(23)17-29-30(25)22-13-9-20(26)10-14-22;2*1-2/h4-14,17,27-28H,2-3,15-16H2,1H3;1-2H3;1H2. The summed E-state index contributed by atoms with van der Waals surface area (Å²) in [6.45, 7) is 14.1. The van der Waals surface area contributed by atoms with Crippen molar-refractivity contribution in [2.75, 3.05) is 11.9 Å². The number of carbonyl (C=O) groups is 1. The summed E-state index contributed by atoms with van der Waals surface area (Å²) in [5, 5.41) is 12.3. The van der Waals surface area contributed by atoms with Gasteiger partial charge in [-0.05, 0) is 54.4 Å². The van der Waals surface area contributed by atoms with Crippen LogP contribution in [0, 0.1) is 5.82 Å². The van der Waals surface area contributed by atoms with Crippen LogP contribution in [0.2, 0.25) is 0 Å². The second kappa shape index (κ2) is 13.6. The average Bonchev–Trinajstić information content (AvgIpc) is 3.34. The normalized spacial score (nSPS) is 9.88. The molecule has 0 spiro atoms. The van der Waals surface area contributed by atoms with Crippen LogP contribution in [-0.2, 0) is 11.3 Å². The van der Waals surface area contributed by atoms with Crippen LogP contribution < -0.4 is 10.6 Å². The van der Waals surface area contributed by atoms with E-state index in [1.165, 1.54) is 17.7 Å². The summed E-state index contributed by atoms with van der Waals surface area (Å²) in [7, 11) is 0. The molecule has 6 heteroatoms. The van der Waals surface area contributed by atoms with Gasteiger partial charge in [-0.3, -0.25) is 0 Å². The predicted octanol–water partition coefficient (Wildman–Crippen LogP) is 6.59. The fourth-order valence-electron chi connectivity index (χ4n) is 3.42. The molecule has 1 heterocycles. The van der Waals surface area contributed by atoms with Gasteiger partial charge in [-0.1, -0.05) is 51.6 Å². The van der Waals surface area contributed by atoms with Crippen molar-refractivity contribution < 1.29 is 9.18 Å². The molecule has 0 bridgehead atoms. The molecule has 1 aromatic heterocycles. The number of hydrogen-bond donors (Lipinski definition) is 2. The van der Waals surface area contributed by atoms with Gasteiger partial charge in [-0.15, -0.1) is 0 Å². The van der Waals surface area contributed by atoms with Gasteiger partial charge in [0, 0.05) is 35.4 Å². The van der Waals surface area contributed by atoms with Crippen molar-refractivity contribution in [3.05, 3.63) is 96.4 Å². The highest BCUT2D eigenvalue weighted by Crippen LogP contribution is 2.25. The number of benzene rings is 3. The molecule has 0 radical (unpaired) electrons. The summed E-state index contributed by atoms with van der Waals surface area (Å²) < 4.78 is 15.1. The van der Waals surface area contributed by atoms with E-state index in [4.69, 9.17) is 4.79 Å². The smallest absolute Gasteiger partial charge is 0.123 e. The molecule has 0 atom stereocenters. The Kier molecular flexibility index (Phi) is 10.5. The third-order valence-corrected chi connectivity index (χ3v) is 5.05. The molecule has 0 aliphatic carbocycles. The van der Waals surface area contributed by atoms with Crippen molar-refractivity contribution in [1.82, 2.24) is 15.1 Å². The molecule has 0 aliphatic rings. The van der Waals surface area contributed by atoms with Crippen LogP contribution in [0.1, 0.15) is 38.3 Å². The van der Waals surface area contributed by atoms with Gasteiger partial charge in [0.1, 0.15) is 12.6 Å². The van der Waals surface area contributed by atoms with Crippen LogP contribution in [0.25, 0.3) is 22.3 Å². The fourth-order valence-corrected chi connectivity index (χ4v) is 3.42. The summed E-state index contributed by atoms with van der Waals surface area (Å²) in [6.07, 6.45) is 2.93. The minimum atomic E-state index is -0.261. The van der Waals surface area contributed by atoms with Crippen molar-refractivity contribution in [2.24, 2.45) is 0 Å². The zero-order valence-electron chi connectivity index (χ0n) is 20.1. The molecule has 2 N–H and O–H groups in total. The van der Waals surface area contributed by atoms with E-state index in [9.17, 15) is 4.39 Å². The first-order valence-corrected chi connectivity index (χ1v) is 11.4. The summed E-state index contributed by atoms with van der Waals surface area (Å²) in [5.74, 6) is -0.261. The van der Waals surface area contributed by atoms with Crippen LogP contribution in [0.15, 0.2) is 79.5 Å². The third-order valence-electron chi connectivity index (χ3n) is 5.05. The van der Waals surface area contributed by atoms with Crippen LogP contribution >= 0.6 is 0 Å². The highest BCUT2D eigenvalue weighted by molar-refractivity contribution is 5.91.